The molecule has 122 valence electrons. The second-order valence-electron chi connectivity index (χ2n) is 6.03. The number of hydrogen-bond acceptors (Lipinski definition) is 5. The fraction of sp³-hybridized carbons (Fsp3) is 0.438. The molecule has 0 saturated heterocycles. The molecule has 0 aliphatic heterocycles. The molecule has 0 radical (unpaired) electrons. The molecule has 1 fully saturated rings. The third-order valence-corrected chi connectivity index (χ3v) is 5.36. The number of carboxylic acid groups (broad SMARTS) is 1. The minimum Gasteiger partial charge on any atom is -0.480 e. The Morgan fingerprint density at radius 3 is 2.78 bits per heavy atom. The lowest BCUT2D eigenvalue weighted by Gasteiger charge is -2.36. The minimum atomic E-state index is -1.17. The maximum atomic E-state index is 12.5. The van der Waals surface area contributed by atoms with Crippen LogP contribution in [0.5, 0.6) is 0 Å². The first-order chi connectivity index (χ1) is 11.0. The quantitative estimate of drug-likeness (QED) is 0.896. The SMILES string of the molecule is CC1CCC(NC(=O)c2cnc(-c3ccco3)s2)(C(=O)O)CC1. The van der Waals surface area contributed by atoms with Crippen molar-refractivity contribution in [2.24, 2.45) is 5.92 Å². The summed E-state index contributed by atoms with van der Waals surface area (Å²) in [5, 5.41) is 12.9. The molecule has 0 unspecified atom stereocenters. The number of carboxylic acids is 1. The molecule has 7 heteroatoms. The Morgan fingerprint density at radius 2 is 2.17 bits per heavy atom. The molecule has 0 spiro atoms. The van der Waals surface area contributed by atoms with Crippen molar-refractivity contribution < 1.29 is 19.1 Å². The normalized spacial score (nSPS) is 24.3. The molecule has 0 bridgehead atoms. The van der Waals surface area contributed by atoms with Crippen LogP contribution in [0.25, 0.3) is 10.8 Å². The zero-order valence-corrected chi connectivity index (χ0v) is 13.6. The highest BCUT2D eigenvalue weighted by atomic mass is 32.1. The number of furan rings is 1. The second-order valence-corrected chi connectivity index (χ2v) is 7.06. The van der Waals surface area contributed by atoms with E-state index in [9.17, 15) is 14.7 Å². The van der Waals surface area contributed by atoms with Gasteiger partial charge in [-0.25, -0.2) is 9.78 Å². The minimum absolute atomic E-state index is 0.385. The first-order valence-corrected chi connectivity index (χ1v) is 8.37. The second kappa shape index (κ2) is 6.16. The van der Waals surface area contributed by atoms with Crippen molar-refractivity contribution in [2.45, 2.75) is 38.1 Å². The lowest BCUT2D eigenvalue weighted by molar-refractivity contribution is -0.146. The molecule has 3 rings (SSSR count). The van der Waals surface area contributed by atoms with Crippen LogP contribution in [0.3, 0.4) is 0 Å². The van der Waals surface area contributed by atoms with Crippen LogP contribution in [0.15, 0.2) is 29.0 Å². The van der Waals surface area contributed by atoms with E-state index in [4.69, 9.17) is 4.42 Å². The van der Waals surface area contributed by atoms with Crippen LogP contribution in [-0.2, 0) is 4.79 Å². The highest BCUT2D eigenvalue weighted by Crippen LogP contribution is 2.33. The van der Waals surface area contributed by atoms with Gasteiger partial charge in [-0.1, -0.05) is 6.92 Å². The summed E-state index contributed by atoms with van der Waals surface area (Å²) in [6, 6.07) is 3.51. The van der Waals surface area contributed by atoms with Crippen LogP contribution >= 0.6 is 11.3 Å². The summed E-state index contributed by atoms with van der Waals surface area (Å²) in [6.45, 7) is 2.10. The van der Waals surface area contributed by atoms with E-state index in [0.717, 1.165) is 12.8 Å². The maximum Gasteiger partial charge on any atom is 0.329 e. The van der Waals surface area contributed by atoms with Crippen LogP contribution in [0.4, 0.5) is 0 Å². The van der Waals surface area contributed by atoms with Crippen LogP contribution in [0.1, 0.15) is 42.3 Å². The van der Waals surface area contributed by atoms with E-state index in [1.807, 2.05) is 0 Å². The first kappa shape index (κ1) is 15.7. The highest BCUT2D eigenvalue weighted by molar-refractivity contribution is 7.16. The van der Waals surface area contributed by atoms with Crippen LogP contribution in [0.2, 0.25) is 0 Å². The van der Waals surface area contributed by atoms with Gasteiger partial charge in [-0.05, 0) is 43.7 Å². The number of thiazole rings is 1. The highest BCUT2D eigenvalue weighted by Gasteiger charge is 2.42. The molecule has 23 heavy (non-hydrogen) atoms. The molecule has 1 aliphatic rings. The van der Waals surface area contributed by atoms with E-state index >= 15 is 0 Å². The Bertz CT molecular complexity index is 699. The van der Waals surface area contributed by atoms with Crippen molar-refractivity contribution in [3.05, 3.63) is 29.5 Å². The molecular formula is C16H18N2O4S. The van der Waals surface area contributed by atoms with Gasteiger partial charge in [-0.2, -0.15) is 0 Å². The lowest BCUT2D eigenvalue weighted by Crippen LogP contribution is -2.56. The Hall–Kier alpha value is -2.15. The molecule has 0 aromatic carbocycles. The smallest absolute Gasteiger partial charge is 0.329 e. The van der Waals surface area contributed by atoms with Gasteiger partial charge >= 0.3 is 5.97 Å². The van der Waals surface area contributed by atoms with Crippen molar-refractivity contribution in [1.29, 1.82) is 0 Å². The van der Waals surface area contributed by atoms with Crippen LogP contribution in [-0.4, -0.2) is 27.5 Å². The van der Waals surface area contributed by atoms with Gasteiger partial charge in [0.2, 0.25) is 0 Å². The van der Waals surface area contributed by atoms with Crippen LogP contribution in [0, 0.1) is 5.92 Å². The van der Waals surface area contributed by atoms with E-state index in [1.54, 1.807) is 18.4 Å². The predicted molar refractivity (Wildman–Crippen MR) is 85.3 cm³/mol. The average molecular weight is 334 g/mol. The van der Waals surface area contributed by atoms with Gasteiger partial charge in [0.05, 0.1) is 12.5 Å². The Morgan fingerprint density at radius 1 is 1.43 bits per heavy atom. The first-order valence-electron chi connectivity index (χ1n) is 7.56. The van der Waals surface area contributed by atoms with Gasteiger partial charge in [-0.3, -0.25) is 4.79 Å². The van der Waals surface area contributed by atoms with Gasteiger partial charge in [-0.15, -0.1) is 11.3 Å². The number of carbonyl (C=O) groups is 2. The van der Waals surface area contributed by atoms with E-state index in [1.165, 1.54) is 17.5 Å². The lowest BCUT2D eigenvalue weighted by atomic mass is 9.77. The topological polar surface area (TPSA) is 92.4 Å². The van der Waals surface area contributed by atoms with Gasteiger partial charge in [0.1, 0.15) is 10.4 Å². The number of aliphatic carboxylic acids is 1. The standard InChI is InChI=1S/C16H18N2O4S/c1-10-4-6-16(7-5-10,15(20)21)18-13(19)12-9-17-14(23-12)11-3-2-8-22-11/h2-3,8-10H,4-7H2,1H3,(H,18,19)(H,20,21). The third kappa shape index (κ3) is 3.14. The summed E-state index contributed by atoms with van der Waals surface area (Å²) in [5.74, 6) is -0.271. The van der Waals surface area contributed by atoms with E-state index < -0.39 is 17.4 Å². The number of nitrogens with one attached hydrogen (secondary N) is 1. The molecule has 0 atom stereocenters. The monoisotopic (exact) mass is 334 g/mol. The summed E-state index contributed by atoms with van der Waals surface area (Å²) < 4.78 is 5.25. The summed E-state index contributed by atoms with van der Waals surface area (Å²) >= 11 is 1.19. The third-order valence-electron chi connectivity index (χ3n) is 4.35. The summed E-state index contributed by atoms with van der Waals surface area (Å²) in [7, 11) is 0. The Kier molecular flexibility index (Phi) is 4.21. The number of aromatic nitrogens is 1. The predicted octanol–water partition coefficient (Wildman–Crippen LogP) is 3.17. The van der Waals surface area contributed by atoms with Gasteiger partial charge in [0.15, 0.2) is 10.8 Å². The van der Waals surface area contributed by atoms with Crippen molar-refractivity contribution in [2.75, 3.05) is 0 Å². The van der Waals surface area contributed by atoms with E-state index in [2.05, 4.69) is 17.2 Å². The number of rotatable bonds is 4. The number of carbonyl (C=O) groups excluding carboxylic acids is 1. The summed E-state index contributed by atoms with van der Waals surface area (Å²) in [5.41, 5.74) is -1.17. The maximum absolute atomic E-state index is 12.5. The number of nitrogens with zero attached hydrogens (tertiary/aromatic N) is 1. The van der Waals surface area contributed by atoms with Gasteiger partial charge in [0, 0.05) is 0 Å². The van der Waals surface area contributed by atoms with Crippen LogP contribution < -0.4 is 5.32 Å². The van der Waals surface area contributed by atoms with E-state index in [-0.39, 0.29) is 0 Å². The number of hydrogen-bond donors (Lipinski definition) is 2. The molecule has 1 aliphatic carbocycles. The van der Waals surface area contributed by atoms with Crippen molar-refractivity contribution in [1.82, 2.24) is 10.3 Å². The molecular weight excluding hydrogens is 316 g/mol. The summed E-state index contributed by atoms with van der Waals surface area (Å²) in [6.07, 6.45) is 5.51. The van der Waals surface area contributed by atoms with Gasteiger partial charge in [0.25, 0.3) is 5.91 Å². The van der Waals surface area contributed by atoms with Crippen molar-refractivity contribution in [3.8, 4) is 10.8 Å². The summed E-state index contributed by atoms with van der Waals surface area (Å²) in [4.78, 5) is 28.7. The zero-order valence-electron chi connectivity index (χ0n) is 12.7. The molecule has 2 heterocycles. The van der Waals surface area contributed by atoms with Crippen molar-refractivity contribution >= 4 is 23.2 Å². The fourth-order valence-electron chi connectivity index (χ4n) is 2.82. The Balaban J connectivity index is 1.76. The zero-order chi connectivity index (χ0) is 16.4. The average Bonchev–Trinajstić information content (AvgIpc) is 3.20. The molecule has 2 aromatic heterocycles. The van der Waals surface area contributed by atoms with Gasteiger partial charge < -0.3 is 14.8 Å². The molecule has 1 amide bonds. The largest absolute Gasteiger partial charge is 0.480 e. The molecule has 2 N–H and O–H groups in total. The molecule has 2 aromatic rings. The molecule has 6 nitrogen and oxygen atoms in total. The fourth-order valence-corrected chi connectivity index (χ4v) is 3.60. The number of amides is 1. The van der Waals surface area contributed by atoms with E-state index in [0.29, 0.717) is 34.4 Å². The Labute approximate surface area is 137 Å². The van der Waals surface area contributed by atoms with Crippen molar-refractivity contribution in [3.63, 3.8) is 0 Å². The molecule has 1 saturated carbocycles.